The molecule has 0 bridgehead atoms. The van der Waals surface area contributed by atoms with E-state index in [-0.39, 0.29) is 0 Å². The van der Waals surface area contributed by atoms with Crippen molar-refractivity contribution < 1.29 is 9.47 Å². The minimum atomic E-state index is 0.613. The lowest BCUT2D eigenvalue weighted by Gasteiger charge is -2.09. The lowest BCUT2D eigenvalue weighted by Crippen LogP contribution is -2.06. The molecule has 0 saturated carbocycles. The van der Waals surface area contributed by atoms with Gasteiger partial charge in [-0.15, -0.1) is 0 Å². The zero-order valence-corrected chi connectivity index (χ0v) is 15.7. The summed E-state index contributed by atoms with van der Waals surface area (Å²) in [5.41, 5.74) is 7.82. The standard InChI is InChI=1S/C21H25N3O2/c1-5-24-15(2)18(17-8-6-7-9-19(17)24)14-23-22-13-16-10-11-20(25-3)21(12-16)26-4/h6-12,14,22H,5,13H2,1-4H3/b23-14-. The van der Waals surface area contributed by atoms with Crippen LogP contribution < -0.4 is 14.9 Å². The van der Waals surface area contributed by atoms with E-state index in [1.165, 1.54) is 16.6 Å². The normalized spacial score (nSPS) is 11.2. The highest BCUT2D eigenvalue weighted by Crippen LogP contribution is 2.27. The molecule has 0 unspecified atom stereocenters. The van der Waals surface area contributed by atoms with Crippen LogP contribution in [0.25, 0.3) is 10.9 Å². The van der Waals surface area contributed by atoms with Crippen molar-refractivity contribution in [3.05, 3.63) is 59.3 Å². The van der Waals surface area contributed by atoms with E-state index in [2.05, 4.69) is 53.2 Å². The summed E-state index contributed by atoms with van der Waals surface area (Å²) in [6, 6.07) is 14.3. The lowest BCUT2D eigenvalue weighted by atomic mass is 10.1. The molecule has 0 saturated heterocycles. The van der Waals surface area contributed by atoms with Crippen molar-refractivity contribution in [3.8, 4) is 11.5 Å². The maximum atomic E-state index is 5.34. The molecule has 2 aromatic carbocycles. The number of methoxy groups -OCH3 is 2. The summed E-state index contributed by atoms with van der Waals surface area (Å²) in [6.07, 6.45) is 1.91. The Labute approximate surface area is 154 Å². The zero-order valence-electron chi connectivity index (χ0n) is 15.7. The molecule has 136 valence electrons. The third kappa shape index (κ3) is 3.38. The van der Waals surface area contributed by atoms with Gasteiger partial charge in [0.2, 0.25) is 0 Å². The van der Waals surface area contributed by atoms with Gasteiger partial charge in [0.05, 0.1) is 27.0 Å². The predicted octanol–water partition coefficient (Wildman–Crippen LogP) is 4.11. The van der Waals surface area contributed by atoms with Crippen LogP contribution in [0.3, 0.4) is 0 Å². The van der Waals surface area contributed by atoms with Crippen LogP contribution in [-0.4, -0.2) is 25.0 Å². The second kappa shape index (κ2) is 7.95. The molecule has 0 fully saturated rings. The highest BCUT2D eigenvalue weighted by atomic mass is 16.5. The van der Waals surface area contributed by atoms with Crippen molar-refractivity contribution in [1.82, 2.24) is 9.99 Å². The molecule has 1 N–H and O–H groups in total. The number of benzene rings is 2. The minimum absolute atomic E-state index is 0.613. The van der Waals surface area contributed by atoms with Gasteiger partial charge in [-0.25, -0.2) is 0 Å². The zero-order chi connectivity index (χ0) is 18.5. The van der Waals surface area contributed by atoms with E-state index in [1.807, 2.05) is 24.4 Å². The maximum absolute atomic E-state index is 5.34. The van der Waals surface area contributed by atoms with E-state index >= 15 is 0 Å². The van der Waals surface area contributed by atoms with Crippen molar-refractivity contribution in [2.75, 3.05) is 14.2 Å². The number of rotatable bonds is 7. The Morgan fingerprint density at radius 3 is 2.58 bits per heavy atom. The predicted molar refractivity (Wildman–Crippen MR) is 106 cm³/mol. The number of nitrogens with zero attached hydrogens (tertiary/aromatic N) is 2. The van der Waals surface area contributed by atoms with Crippen LogP contribution in [0.1, 0.15) is 23.7 Å². The van der Waals surface area contributed by atoms with Gasteiger partial charge in [0.25, 0.3) is 0 Å². The molecule has 0 amide bonds. The molecule has 1 heterocycles. The van der Waals surface area contributed by atoms with Gasteiger partial charge in [-0.05, 0) is 37.6 Å². The fourth-order valence-electron chi connectivity index (χ4n) is 3.27. The molecule has 5 heteroatoms. The van der Waals surface area contributed by atoms with Crippen molar-refractivity contribution >= 4 is 17.1 Å². The largest absolute Gasteiger partial charge is 0.493 e. The van der Waals surface area contributed by atoms with Crippen LogP contribution in [0.2, 0.25) is 0 Å². The van der Waals surface area contributed by atoms with Gasteiger partial charge in [0.1, 0.15) is 0 Å². The number of ether oxygens (including phenoxy) is 2. The average Bonchev–Trinajstić information content (AvgIpc) is 2.95. The molecule has 0 atom stereocenters. The summed E-state index contributed by atoms with van der Waals surface area (Å²) in [4.78, 5) is 0. The first-order valence-corrected chi connectivity index (χ1v) is 8.74. The smallest absolute Gasteiger partial charge is 0.161 e. The molecule has 0 aliphatic carbocycles. The first-order chi connectivity index (χ1) is 12.7. The van der Waals surface area contributed by atoms with E-state index in [1.54, 1.807) is 14.2 Å². The van der Waals surface area contributed by atoms with Gasteiger partial charge in [-0.1, -0.05) is 24.3 Å². The average molecular weight is 351 g/mol. The van der Waals surface area contributed by atoms with Crippen LogP contribution in [0.15, 0.2) is 47.6 Å². The summed E-state index contributed by atoms with van der Waals surface area (Å²) in [5.74, 6) is 1.44. The molecule has 26 heavy (non-hydrogen) atoms. The van der Waals surface area contributed by atoms with E-state index in [0.717, 1.165) is 29.2 Å². The third-order valence-corrected chi connectivity index (χ3v) is 4.61. The summed E-state index contributed by atoms with van der Waals surface area (Å²) >= 11 is 0. The molecule has 3 aromatic rings. The highest BCUT2D eigenvalue weighted by molar-refractivity contribution is 6.01. The van der Waals surface area contributed by atoms with Crippen molar-refractivity contribution in [2.45, 2.75) is 26.9 Å². The molecule has 0 aliphatic rings. The summed E-state index contributed by atoms with van der Waals surface area (Å²) < 4.78 is 12.9. The molecular weight excluding hydrogens is 326 g/mol. The van der Waals surface area contributed by atoms with E-state index in [4.69, 9.17) is 9.47 Å². The van der Waals surface area contributed by atoms with E-state index in [9.17, 15) is 0 Å². The number of hydrogen-bond donors (Lipinski definition) is 1. The Morgan fingerprint density at radius 2 is 1.85 bits per heavy atom. The Kier molecular flexibility index (Phi) is 5.46. The quantitative estimate of drug-likeness (QED) is 0.515. The minimum Gasteiger partial charge on any atom is -0.493 e. The van der Waals surface area contributed by atoms with E-state index < -0.39 is 0 Å². The summed E-state index contributed by atoms with van der Waals surface area (Å²) in [6.45, 7) is 5.86. The van der Waals surface area contributed by atoms with Crippen LogP contribution in [0.4, 0.5) is 0 Å². The monoisotopic (exact) mass is 351 g/mol. The first-order valence-electron chi connectivity index (χ1n) is 8.74. The molecular formula is C21H25N3O2. The number of hydrogen-bond acceptors (Lipinski definition) is 4. The molecule has 0 radical (unpaired) electrons. The van der Waals surface area contributed by atoms with Gasteiger partial charge >= 0.3 is 0 Å². The van der Waals surface area contributed by atoms with Crippen molar-refractivity contribution in [3.63, 3.8) is 0 Å². The molecule has 5 nitrogen and oxygen atoms in total. The number of nitrogens with one attached hydrogen (secondary N) is 1. The third-order valence-electron chi connectivity index (χ3n) is 4.61. The fraction of sp³-hybridized carbons (Fsp3) is 0.286. The molecule has 3 rings (SSSR count). The SMILES string of the molecule is CCn1c(C)c(/C=N\NCc2ccc(OC)c(OC)c2)c2ccccc21. The van der Waals surface area contributed by atoms with Gasteiger partial charge in [-0.2, -0.15) is 5.10 Å². The number of fused-ring (bicyclic) bond motifs is 1. The second-order valence-corrected chi connectivity index (χ2v) is 6.04. The highest BCUT2D eigenvalue weighted by Gasteiger charge is 2.10. The number of aryl methyl sites for hydroxylation is 1. The lowest BCUT2D eigenvalue weighted by molar-refractivity contribution is 0.354. The Balaban J connectivity index is 1.76. The van der Waals surface area contributed by atoms with Gasteiger partial charge in [0, 0.05) is 28.7 Å². The second-order valence-electron chi connectivity index (χ2n) is 6.04. The van der Waals surface area contributed by atoms with Crippen LogP contribution in [0, 0.1) is 6.92 Å². The summed E-state index contributed by atoms with van der Waals surface area (Å²) in [5, 5.41) is 5.66. The van der Waals surface area contributed by atoms with Crippen LogP contribution >= 0.6 is 0 Å². The first kappa shape index (κ1) is 17.9. The number of aromatic nitrogens is 1. The number of para-hydroxylation sites is 1. The van der Waals surface area contributed by atoms with Gasteiger partial charge in [-0.3, -0.25) is 0 Å². The Morgan fingerprint density at radius 1 is 1.08 bits per heavy atom. The van der Waals surface area contributed by atoms with Crippen LogP contribution in [-0.2, 0) is 13.1 Å². The van der Waals surface area contributed by atoms with Crippen LogP contribution in [0.5, 0.6) is 11.5 Å². The number of hydrazone groups is 1. The topological polar surface area (TPSA) is 47.8 Å². The molecule has 1 aromatic heterocycles. The van der Waals surface area contributed by atoms with E-state index in [0.29, 0.717) is 6.54 Å². The van der Waals surface area contributed by atoms with Crippen molar-refractivity contribution in [2.24, 2.45) is 5.10 Å². The molecule has 0 aliphatic heterocycles. The Hall–Kier alpha value is -2.95. The van der Waals surface area contributed by atoms with Gasteiger partial charge in [0.15, 0.2) is 11.5 Å². The van der Waals surface area contributed by atoms with Gasteiger partial charge < -0.3 is 19.5 Å². The fourth-order valence-corrected chi connectivity index (χ4v) is 3.27. The maximum Gasteiger partial charge on any atom is 0.161 e. The Bertz CT molecular complexity index is 928. The molecule has 0 spiro atoms. The summed E-state index contributed by atoms with van der Waals surface area (Å²) in [7, 11) is 3.27. The van der Waals surface area contributed by atoms with Crippen molar-refractivity contribution in [1.29, 1.82) is 0 Å².